The van der Waals surface area contributed by atoms with Crippen molar-refractivity contribution in [2.75, 3.05) is 12.4 Å². The summed E-state index contributed by atoms with van der Waals surface area (Å²) in [5, 5.41) is 6.27. The molecule has 0 aliphatic carbocycles. The molecule has 0 saturated carbocycles. The highest BCUT2D eigenvalue weighted by Crippen LogP contribution is 2.26. The van der Waals surface area contributed by atoms with E-state index in [0.29, 0.717) is 23.8 Å². The van der Waals surface area contributed by atoms with E-state index in [1.54, 1.807) is 25.4 Å². The number of para-hydroxylation sites is 1. The van der Waals surface area contributed by atoms with Gasteiger partial charge in [-0.05, 0) is 47.4 Å². The van der Waals surface area contributed by atoms with Gasteiger partial charge in [0.15, 0.2) is 0 Å². The monoisotopic (exact) mass is 375 g/mol. The van der Waals surface area contributed by atoms with E-state index in [4.69, 9.17) is 4.74 Å². The van der Waals surface area contributed by atoms with Gasteiger partial charge in [-0.25, -0.2) is 4.98 Å². The first-order valence-electron chi connectivity index (χ1n) is 9.30. The largest absolute Gasteiger partial charge is 0.497 e. The van der Waals surface area contributed by atoms with Gasteiger partial charge in [0.2, 0.25) is 0 Å². The van der Waals surface area contributed by atoms with Crippen LogP contribution in [0.5, 0.6) is 5.75 Å². The number of hydrogen-bond acceptors (Lipinski definition) is 4. The summed E-state index contributed by atoms with van der Waals surface area (Å²) in [5.74, 6) is 1.69. The van der Waals surface area contributed by atoms with Crippen molar-refractivity contribution in [3.8, 4) is 5.75 Å². The van der Waals surface area contributed by atoms with Crippen LogP contribution in [0.15, 0.2) is 66.9 Å². The van der Waals surface area contributed by atoms with Gasteiger partial charge in [-0.2, -0.15) is 0 Å². The molecule has 1 amide bonds. The Morgan fingerprint density at radius 1 is 1.07 bits per heavy atom. The zero-order valence-electron chi connectivity index (χ0n) is 16.4. The summed E-state index contributed by atoms with van der Waals surface area (Å²) in [4.78, 5) is 16.9. The van der Waals surface area contributed by atoms with Crippen molar-refractivity contribution in [1.29, 1.82) is 0 Å². The number of nitrogens with one attached hydrogen (secondary N) is 2. The van der Waals surface area contributed by atoms with Gasteiger partial charge in [-0.1, -0.05) is 44.2 Å². The number of benzene rings is 2. The highest BCUT2D eigenvalue weighted by molar-refractivity contribution is 5.94. The van der Waals surface area contributed by atoms with Crippen LogP contribution < -0.4 is 15.4 Å². The van der Waals surface area contributed by atoms with Gasteiger partial charge >= 0.3 is 0 Å². The van der Waals surface area contributed by atoms with Crippen LogP contribution in [0.2, 0.25) is 0 Å². The minimum atomic E-state index is -0.140. The normalized spacial score (nSPS) is 10.6. The molecule has 0 unspecified atom stereocenters. The number of anilines is 2. The molecule has 0 atom stereocenters. The van der Waals surface area contributed by atoms with Crippen LogP contribution in [-0.4, -0.2) is 18.0 Å². The lowest BCUT2D eigenvalue weighted by molar-refractivity contribution is 0.0951. The molecule has 3 aromatic rings. The Kier molecular flexibility index (Phi) is 6.27. The first kappa shape index (κ1) is 19.4. The Morgan fingerprint density at radius 3 is 2.54 bits per heavy atom. The van der Waals surface area contributed by atoms with Crippen LogP contribution in [-0.2, 0) is 6.54 Å². The Bertz CT molecular complexity index is 937. The van der Waals surface area contributed by atoms with Crippen LogP contribution in [0.3, 0.4) is 0 Å². The fraction of sp³-hybridized carbons (Fsp3) is 0.217. The lowest BCUT2D eigenvalue weighted by atomic mass is 10.0. The summed E-state index contributed by atoms with van der Waals surface area (Å²) in [5.41, 5.74) is 3.78. The van der Waals surface area contributed by atoms with Gasteiger partial charge in [-0.15, -0.1) is 0 Å². The lowest BCUT2D eigenvalue weighted by Crippen LogP contribution is -2.22. The summed E-state index contributed by atoms with van der Waals surface area (Å²) in [7, 11) is 1.63. The molecular formula is C23H25N3O2. The zero-order chi connectivity index (χ0) is 19.9. The van der Waals surface area contributed by atoms with E-state index in [9.17, 15) is 4.79 Å². The smallest absolute Gasteiger partial charge is 0.251 e. The van der Waals surface area contributed by atoms with Crippen molar-refractivity contribution in [2.24, 2.45) is 0 Å². The highest BCUT2D eigenvalue weighted by Gasteiger charge is 2.10. The van der Waals surface area contributed by atoms with Crippen molar-refractivity contribution < 1.29 is 9.53 Å². The molecular weight excluding hydrogens is 350 g/mol. The maximum atomic E-state index is 12.5. The average molecular weight is 375 g/mol. The minimum Gasteiger partial charge on any atom is -0.497 e. The molecule has 2 aromatic carbocycles. The number of amides is 1. The first-order chi connectivity index (χ1) is 13.6. The quantitative estimate of drug-likeness (QED) is 0.617. The predicted molar refractivity (Wildman–Crippen MR) is 112 cm³/mol. The molecule has 0 aliphatic rings. The second-order valence-electron chi connectivity index (χ2n) is 6.83. The number of aromatic nitrogens is 1. The molecule has 28 heavy (non-hydrogen) atoms. The summed E-state index contributed by atoms with van der Waals surface area (Å²) in [6.07, 6.45) is 1.64. The molecule has 5 nitrogen and oxygen atoms in total. The summed E-state index contributed by atoms with van der Waals surface area (Å²) in [6.45, 7) is 4.75. The molecule has 5 heteroatoms. The van der Waals surface area contributed by atoms with E-state index in [1.165, 1.54) is 5.56 Å². The van der Waals surface area contributed by atoms with E-state index < -0.39 is 0 Å². The predicted octanol–water partition coefficient (Wildman–Crippen LogP) is 4.89. The average Bonchev–Trinajstić information content (AvgIpc) is 2.73. The first-order valence-corrected chi connectivity index (χ1v) is 9.30. The maximum Gasteiger partial charge on any atom is 0.251 e. The number of carbonyl (C=O) groups excluding carboxylic acids is 1. The Balaban J connectivity index is 1.67. The van der Waals surface area contributed by atoms with Gasteiger partial charge in [0.1, 0.15) is 11.6 Å². The molecule has 0 fully saturated rings. The molecule has 0 radical (unpaired) electrons. The maximum absolute atomic E-state index is 12.5. The Morgan fingerprint density at radius 2 is 1.82 bits per heavy atom. The van der Waals surface area contributed by atoms with Crippen molar-refractivity contribution in [2.45, 2.75) is 26.3 Å². The molecule has 0 spiro atoms. The van der Waals surface area contributed by atoms with Crippen LogP contribution in [0.4, 0.5) is 11.5 Å². The number of methoxy groups -OCH3 is 1. The van der Waals surface area contributed by atoms with Crippen molar-refractivity contribution in [3.05, 3.63) is 83.6 Å². The number of ether oxygens (including phenoxy) is 1. The molecule has 3 rings (SSSR count). The number of nitrogens with zero attached hydrogens (tertiary/aromatic N) is 1. The third-order valence-corrected chi connectivity index (χ3v) is 4.48. The highest BCUT2D eigenvalue weighted by atomic mass is 16.5. The van der Waals surface area contributed by atoms with E-state index in [2.05, 4.69) is 35.5 Å². The van der Waals surface area contributed by atoms with Gasteiger partial charge in [-0.3, -0.25) is 4.79 Å². The van der Waals surface area contributed by atoms with Crippen molar-refractivity contribution in [1.82, 2.24) is 10.3 Å². The standard InChI is InChI=1S/C23H25N3O2/c1-16(2)20-6-4-5-7-21(20)26-22-14-18(12-13-24-22)23(27)25-15-17-8-10-19(28-3)11-9-17/h4-14,16H,15H2,1-3H3,(H,24,26)(H,25,27). The summed E-state index contributed by atoms with van der Waals surface area (Å²) in [6, 6.07) is 19.2. The SMILES string of the molecule is COc1ccc(CNC(=O)c2ccnc(Nc3ccccc3C(C)C)c2)cc1. The van der Waals surface area contributed by atoms with Gasteiger partial charge < -0.3 is 15.4 Å². The van der Waals surface area contributed by atoms with Crippen LogP contribution >= 0.6 is 0 Å². The Labute approximate surface area is 165 Å². The lowest BCUT2D eigenvalue weighted by Gasteiger charge is -2.14. The van der Waals surface area contributed by atoms with Crippen LogP contribution in [0.25, 0.3) is 0 Å². The number of rotatable bonds is 7. The van der Waals surface area contributed by atoms with Gasteiger partial charge in [0.05, 0.1) is 7.11 Å². The number of carbonyl (C=O) groups is 1. The fourth-order valence-corrected chi connectivity index (χ4v) is 2.92. The van der Waals surface area contributed by atoms with Crippen molar-refractivity contribution in [3.63, 3.8) is 0 Å². The van der Waals surface area contributed by atoms with Crippen molar-refractivity contribution >= 4 is 17.4 Å². The second kappa shape index (κ2) is 9.04. The molecule has 0 bridgehead atoms. The van der Waals surface area contributed by atoms with E-state index in [-0.39, 0.29) is 5.91 Å². The molecule has 0 aliphatic heterocycles. The number of pyridine rings is 1. The van der Waals surface area contributed by atoms with Crippen LogP contribution in [0, 0.1) is 0 Å². The molecule has 2 N–H and O–H groups in total. The summed E-state index contributed by atoms with van der Waals surface area (Å²) < 4.78 is 5.15. The van der Waals surface area contributed by atoms with E-state index in [1.807, 2.05) is 42.5 Å². The Hall–Kier alpha value is -3.34. The molecule has 1 aromatic heterocycles. The summed E-state index contributed by atoms with van der Waals surface area (Å²) >= 11 is 0. The number of hydrogen-bond donors (Lipinski definition) is 2. The molecule has 144 valence electrons. The van der Waals surface area contributed by atoms with E-state index in [0.717, 1.165) is 17.0 Å². The third kappa shape index (κ3) is 4.88. The topological polar surface area (TPSA) is 63.2 Å². The fourth-order valence-electron chi connectivity index (χ4n) is 2.92. The van der Waals surface area contributed by atoms with Gasteiger partial charge in [0, 0.05) is 24.0 Å². The van der Waals surface area contributed by atoms with Crippen LogP contribution in [0.1, 0.15) is 41.3 Å². The van der Waals surface area contributed by atoms with E-state index >= 15 is 0 Å². The van der Waals surface area contributed by atoms with Gasteiger partial charge in [0.25, 0.3) is 5.91 Å². The molecule has 1 heterocycles. The minimum absolute atomic E-state index is 0.140. The molecule has 0 saturated heterocycles. The third-order valence-electron chi connectivity index (χ3n) is 4.48. The second-order valence-corrected chi connectivity index (χ2v) is 6.83. The zero-order valence-corrected chi connectivity index (χ0v) is 16.4.